The number of nitrogens with zero attached hydrogens (tertiary/aromatic N) is 2. The van der Waals surface area contributed by atoms with E-state index in [1.807, 2.05) is 72.9 Å². The number of benzene rings is 4. The first kappa shape index (κ1) is 24.5. The van der Waals surface area contributed by atoms with E-state index < -0.39 is 17.9 Å². The van der Waals surface area contributed by atoms with E-state index in [4.69, 9.17) is 5.10 Å². The molecule has 0 aliphatic carbocycles. The summed E-state index contributed by atoms with van der Waals surface area (Å²) in [6.07, 6.45) is 4.90. The van der Waals surface area contributed by atoms with E-state index in [1.165, 1.54) is 18.2 Å². The van der Waals surface area contributed by atoms with Gasteiger partial charge in [0, 0.05) is 29.8 Å². The number of para-hydroxylation sites is 1. The van der Waals surface area contributed by atoms with Gasteiger partial charge in [0.25, 0.3) is 0 Å². The highest BCUT2D eigenvalue weighted by Gasteiger charge is 2.20. The number of carbonyl (C=O) groups is 2. The van der Waals surface area contributed by atoms with Crippen molar-refractivity contribution in [2.75, 3.05) is 0 Å². The summed E-state index contributed by atoms with van der Waals surface area (Å²) in [4.78, 5) is 24.5. The molecule has 5 rings (SSSR count). The van der Waals surface area contributed by atoms with Gasteiger partial charge in [-0.1, -0.05) is 66.7 Å². The summed E-state index contributed by atoms with van der Waals surface area (Å²) in [5, 5.41) is 28.6. The van der Waals surface area contributed by atoms with E-state index >= 15 is 0 Å². The number of carbonyl (C=O) groups excluding carboxylic acids is 1. The quantitative estimate of drug-likeness (QED) is 0.252. The number of nitrogens with one attached hydrogen (secondary N) is 1. The van der Waals surface area contributed by atoms with E-state index in [0.29, 0.717) is 16.8 Å². The zero-order chi connectivity index (χ0) is 26.5. The molecule has 7 heteroatoms. The molecule has 1 aromatic heterocycles. The van der Waals surface area contributed by atoms with Crippen molar-refractivity contribution in [1.29, 1.82) is 0 Å². The van der Waals surface area contributed by atoms with Crippen molar-refractivity contribution in [2.24, 2.45) is 0 Å². The molecule has 4 aromatic carbocycles. The smallest absolute Gasteiger partial charge is 0.326 e. The molecule has 0 fully saturated rings. The highest BCUT2D eigenvalue weighted by Crippen LogP contribution is 2.28. The van der Waals surface area contributed by atoms with Gasteiger partial charge in [0.15, 0.2) is 0 Å². The molecule has 38 heavy (non-hydrogen) atoms. The van der Waals surface area contributed by atoms with Crippen molar-refractivity contribution in [1.82, 2.24) is 15.1 Å². The summed E-state index contributed by atoms with van der Waals surface area (Å²) in [6, 6.07) is 28.9. The molecular formula is C31H25N3O4. The van der Waals surface area contributed by atoms with Gasteiger partial charge in [-0.2, -0.15) is 5.10 Å². The van der Waals surface area contributed by atoms with Gasteiger partial charge in [0.05, 0.1) is 11.4 Å². The number of aliphatic carboxylic acids is 1. The van der Waals surface area contributed by atoms with E-state index in [1.54, 1.807) is 22.9 Å². The van der Waals surface area contributed by atoms with Crippen LogP contribution in [-0.2, 0) is 16.0 Å². The summed E-state index contributed by atoms with van der Waals surface area (Å²) >= 11 is 0. The molecule has 188 valence electrons. The number of aromatic nitrogens is 2. The Bertz CT molecular complexity index is 1620. The average molecular weight is 504 g/mol. The normalized spacial score (nSPS) is 12.0. The number of carboxylic acid groups (broad SMARTS) is 1. The molecule has 0 spiro atoms. The third-order valence-electron chi connectivity index (χ3n) is 6.19. The second-order valence-electron chi connectivity index (χ2n) is 8.88. The lowest BCUT2D eigenvalue weighted by Crippen LogP contribution is -2.41. The first-order valence-electron chi connectivity index (χ1n) is 12.1. The fraction of sp³-hybridized carbons (Fsp3) is 0.0645. The number of carboxylic acids is 1. The van der Waals surface area contributed by atoms with Crippen molar-refractivity contribution >= 4 is 28.7 Å². The molecule has 0 saturated heterocycles. The van der Waals surface area contributed by atoms with E-state index in [0.717, 1.165) is 22.0 Å². The molecule has 1 atom stereocenters. The van der Waals surface area contributed by atoms with Crippen LogP contribution < -0.4 is 5.32 Å². The molecule has 0 aliphatic heterocycles. The summed E-state index contributed by atoms with van der Waals surface area (Å²) in [7, 11) is 0. The Morgan fingerprint density at radius 2 is 1.61 bits per heavy atom. The third-order valence-corrected chi connectivity index (χ3v) is 6.19. The molecule has 0 saturated carbocycles. The largest absolute Gasteiger partial charge is 0.508 e. The van der Waals surface area contributed by atoms with Crippen LogP contribution in [0.5, 0.6) is 5.75 Å². The number of amides is 1. The second-order valence-corrected chi connectivity index (χ2v) is 8.88. The van der Waals surface area contributed by atoms with E-state index in [9.17, 15) is 19.8 Å². The van der Waals surface area contributed by atoms with Gasteiger partial charge < -0.3 is 15.5 Å². The summed E-state index contributed by atoms with van der Waals surface area (Å²) in [6.45, 7) is 0. The Balaban J connectivity index is 1.43. The maximum absolute atomic E-state index is 12.7. The predicted octanol–water partition coefficient (Wildman–Crippen LogP) is 5.22. The number of hydrogen-bond acceptors (Lipinski definition) is 4. The van der Waals surface area contributed by atoms with Gasteiger partial charge in [-0.25, -0.2) is 9.48 Å². The molecule has 1 heterocycles. The fourth-order valence-electron chi connectivity index (χ4n) is 4.24. The van der Waals surface area contributed by atoms with E-state index in [-0.39, 0.29) is 12.2 Å². The average Bonchev–Trinajstić information content (AvgIpc) is 3.37. The van der Waals surface area contributed by atoms with Gasteiger partial charge in [-0.3, -0.25) is 4.79 Å². The van der Waals surface area contributed by atoms with Crippen LogP contribution in [0, 0.1) is 0 Å². The van der Waals surface area contributed by atoms with Crippen molar-refractivity contribution in [2.45, 2.75) is 12.5 Å². The van der Waals surface area contributed by atoms with Crippen molar-refractivity contribution < 1.29 is 19.8 Å². The summed E-state index contributed by atoms with van der Waals surface area (Å²) in [5.41, 5.74) is 3.86. The van der Waals surface area contributed by atoms with Gasteiger partial charge in [0.1, 0.15) is 11.8 Å². The number of hydrogen-bond donors (Lipinski definition) is 3. The van der Waals surface area contributed by atoms with Crippen molar-refractivity contribution in [3.63, 3.8) is 0 Å². The molecule has 0 bridgehead atoms. The van der Waals surface area contributed by atoms with Gasteiger partial charge in [0.2, 0.25) is 5.91 Å². The van der Waals surface area contributed by atoms with E-state index in [2.05, 4.69) is 11.4 Å². The maximum Gasteiger partial charge on any atom is 0.326 e. The lowest BCUT2D eigenvalue weighted by Gasteiger charge is -2.13. The minimum absolute atomic E-state index is 0.0868. The topological polar surface area (TPSA) is 104 Å². The molecule has 3 N–H and O–H groups in total. The number of phenols is 1. The van der Waals surface area contributed by atoms with Crippen LogP contribution in [0.25, 0.3) is 33.8 Å². The Kier molecular flexibility index (Phi) is 6.99. The van der Waals surface area contributed by atoms with Crippen LogP contribution in [-0.4, -0.2) is 37.9 Å². The fourth-order valence-corrected chi connectivity index (χ4v) is 4.24. The summed E-state index contributed by atoms with van der Waals surface area (Å²) in [5.74, 6) is -1.59. The molecule has 7 nitrogen and oxygen atoms in total. The highest BCUT2D eigenvalue weighted by molar-refractivity contribution is 5.95. The molecule has 0 aliphatic rings. The van der Waals surface area contributed by atoms with Crippen LogP contribution in [0.3, 0.4) is 0 Å². The van der Waals surface area contributed by atoms with Crippen LogP contribution in [0.2, 0.25) is 0 Å². The summed E-state index contributed by atoms with van der Waals surface area (Å²) < 4.78 is 1.76. The molecular weight excluding hydrogens is 478 g/mol. The SMILES string of the molecule is O=C(C=Cc1cn(-c2ccccc2)nc1-c1ccc2ccccc2c1)N[C@@H](Cc1ccc(O)cc1)C(=O)O. The number of aromatic hydroxyl groups is 1. The Hall–Kier alpha value is -5.17. The minimum atomic E-state index is -1.14. The molecule has 5 aromatic rings. The molecule has 0 unspecified atom stereocenters. The molecule has 0 radical (unpaired) electrons. The third kappa shape index (κ3) is 5.63. The van der Waals surface area contributed by atoms with Crippen LogP contribution in [0.15, 0.2) is 109 Å². The zero-order valence-electron chi connectivity index (χ0n) is 20.4. The van der Waals surface area contributed by atoms with Gasteiger partial charge in [-0.15, -0.1) is 0 Å². The number of rotatable bonds is 8. The van der Waals surface area contributed by atoms with Crippen LogP contribution in [0.1, 0.15) is 11.1 Å². The lowest BCUT2D eigenvalue weighted by molar-refractivity contribution is -0.141. The van der Waals surface area contributed by atoms with Gasteiger partial charge >= 0.3 is 5.97 Å². The highest BCUT2D eigenvalue weighted by atomic mass is 16.4. The maximum atomic E-state index is 12.7. The van der Waals surface area contributed by atoms with Crippen molar-refractivity contribution in [3.8, 4) is 22.7 Å². The first-order chi connectivity index (χ1) is 18.5. The monoisotopic (exact) mass is 503 g/mol. The Morgan fingerprint density at radius 1 is 0.895 bits per heavy atom. The number of fused-ring (bicyclic) bond motifs is 1. The van der Waals surface area contributed by atoms with Gasteiger partial charge in [-0.05, 0) is 52.7 Å². The predicted molar refractivity (Wildman–Crippen MR) is 147 cm³/mol. The lowest BCUT2D eigenvalue weighted by atomic mass is 10.0. The Labute approximate surface area is 219 Å². The van der Waals surface area contributed by atoms with Crippen molar-refractivity contribution in [3.05, 3.63) is 120 Å². The first-order valence-corrected chi connectivity index (χ1v) is 12.1. The number of phenolic OH excluding ortho intramolecular Hbond substituents is 1. The molecule has 1 amide bonds. The standard InChI is InChI=1S/C31H25N3O4/c35-27-15-10-21(11-16-27)18-28(31(37)38)32-29(36)17-14-25-20-34(26-8-2-1-3-9-26)33-30(25)24-13-12-22-6-4-5-7-23(22)19-24/h1-17,19-20,28,35H,18H2,(H,32,36)(H,37,38)/t28-/m0/s1. The Morgan fingerprint density at radius 3 is 2.34 bits per heavy atom. The second kappa shape index (κ2) is 10.8. The zero-order valence-corrected chi connectivity index (χ0v) is 20.4. The van der Waals surface area contributed by atoms with Crippen LogP contribution in [0.4, 0.5) is 0 Å². The van der Waals surface area contributed by atoms with Crippen LogP contribution >= 0.6 is 0 Å². The minimum Gasteiger partial charge on any atom is -0.508 e.